The van der Waals surface area contributed by atoms with Gasteiger partial charge in [-0.05, 0) is 25.1 Å². The zero-order chi connectivity index (χ0) is 21.4. The van der Waals surface area contributed by atoms with Gasteiger partial charge in [-0.1, -0.05) is 40.2 Å². The number of ether oxygens (including phenoxy) is 1. The second-order valence-electron chi connectivity index (χ2n) is 6.58. The molecule has 0 atom stereocenters. The largest absolute Gasteiger partial charge is 0.465 e. The summed E-state index contributed by atoms with van der Waals surface area (Å²) in [6.07, 6.45) is 0. The van der Waals surface area contributed by atoms with Crippen LogP contribution in [0.2, 0.25) is 0 Å². The predicted molar refractivity (Wildman–Crippen MR) is 118 cm³/mol. The third-order valence-corrected chi connectivity index (χ3v) is 6.32. The molecule has 0 fully saturated rings. The van der Waals surface area contributed by atoms with Crippen molar-refractivity contribution in [1.82, 2.24) is 9.13 Å². The molecule has 2 heterocycles. The van der Waals surface area contributed by atoms with Crippen LogP contribution in [0.15, 0.2) is 56.5 Å². The summed E-state index contributed by atoms with van der Waals surface area (Å²) in [7, 11) is 0. The van der Waals surface area contributed by atoms with E-state index in [1.807, 2.05) is 12.1 Å². The number of carbonyl (C=O) groups is 1. The molecule has 4 aromatic rings. The Kier molecular flexibility index (Phi) is 5.57. The molecule has 2 aromatic carbocycles. The van der Waals surface area contributed by atoms with Gasteiger partial charge in [0.05, 0.1) is 18.7 Å². The number of fused-ring (bicyclic) bond motifs is 3. The SMILES string of the molecule is CCOC(=O)Cn1c(=O)n(Cc2ccc(Br)cc2F)c(=O)c2sc3ccccc3c21. The number of hydrogen-bond acceptors (Lipinski definition) is 5. The summed E-state index contributed by atoms with van der Waals surface area (Å²) in [6, 6.07) is 11.7. The maximum atomic E-state index is 14.4. The minimum Gasteiger partial charge on any atom is -0.465 e. The fourth-order valence-corrected chi connectivity index (χ4v) is 4.83. The number of benzene rings is 2. The highest BCUT2D eigenvalue weighted by Gasteiger charge is 2.21. The average molecular weight is 491 g/mol. The van der Waals surface area contributed by atoms with Crippen LogP contribution in [0.4, 0.5) is 4.39 Å². The van der Waals surface area contributed by atoms with Gasteiger partial charge in [0.1, 0.15) is 17.1 Å². The van der Waals surface area contributed by atoms with Gasteiger partial charge in [-0.3, -0.25) is 18.7 Å². The smallest absolute Gasteiger partial charge is 0.332 e. The van der Waals surface area contributed by atoms with Gasteiger partial charge in [-0.25, -0.2) is 9.18 Å². The van der Waals surface area contributed by atoms with Gasteiger partial charge in [0.15, 0.2) is 0 Å². The van der Waals surface area contributed by atoms with Crippen molar-refractivity contribution >= 4 is 53.5 Å². The number of rotatable bonds is 5. The first-order chi connectivity index (χ1) is 14.4. The fraction of sp³-hybridized carbons (Fsp3) is 0.190. The molecule has 0 unspecified atom stereocenters. The summed E-state index contributed by atoms with van der Waals surface area (Å²) >= 11 is 4.43. The molecule has 4 rings (SSSR count). The van der Waals surface area contributed by atoms with Gasteiger partial charge < -0.3 is 4.74 Å². The van der Waals surface area contributed by atoms with Gasteiger partial charge in [-0.2, -0.15) is 0 Å². The normalized spacial score (nSPS) is 11.3. The second-order valence-corrected chi connectivity index (χ2v) is 8.54. The highest BCUT2D eigenvalue weighted by Crippen LogP contribution is 2.31. The second kappa shape index (κ2) is 8.16. The molecule has 30 heavy (non-hydrogen) atoms. The van der Waals surface area contributed by atoms with E-state index in [1.165, 1.54) is 28.0 Å². The van der Waals surface area contributed by atoms with Crippen LogP contribution >= 0.6 is 27.3 Å². The van der Waals surface area contributed by atoms with E-state index in [-0.39, 0.29) is 25.3 Å². The van der Waals surface area contributed by atoms with Gasteiger partial charge in [-0.15, -0.1) is 11.3 Å². The Balaban J connectivity index is 1.99. The van der Waals surface area contributed by atoms with Crippen LogP contribution in [0.5, 0.6) is 0 Å². The van der Waals surface area contributed by atoms with Crippen molar-refractivity contribution in [3.05, 3.63) is 79.2 Å². The lowest BCUT2D eigenvalue weighted by atomic mass is 10.2. The summed E-state index contributed by atoms with van der Waals surface area (Å²) in [4.78, 5) is 38.6. The van der Waals surface area contributed by atoms with Crippen LogP contribution in [0.3, 0.4) is 0 Å². The number of carbonyl (C=O) groups excluding carboxylic acids is 1. The van der Waals surface area contributed by atoms with Crippen molar-refractivity contribution in [3.8, 4) is 0 Å². The number of thiophene rings is 1. The van der Waals surface area contributed by atoms with E-state index in [9.17, 15) is 18.8 Å². The Hall–Kier alpha value is -2.78. The van der Waals surface area contributed by atoms with Crippen LogP contribution in [-0.4, -0.2) is 21.7 Å². The highest BCUT2D eigenvalue weighted by atomic mass is 79.9. The van der Waals surface area contributed by atoms with E-state index < -0.39 is 23.0 Å². The van der Waals surface area contributed by atoms with Crippen molar-refractivity contribution in [3.63, 3.8) is 0 Å². The lowest BCUT2D eigenvalue weighted by Crippen LogP contribution is -2.41. The van der Waals surface area contributed by atoms with Gasteiger partial charge in [0, 0.05) is 20.1 Å². The van der Waals surface area contributed by atoms with Crippen molar-refractivity contribution in [1.29, 1.82) is 0 Å². The number of esters is 1. The van der Waals surface area contributed by atoms with Crippen LogP contribution in [0.1, 0.15) is 12.5 Å². The number of aromatic nitrogens is 2. The van der Waals surface area contributed by atoms with Gasteiger partial charge >= 0.3 is 11.7 Å². The van der Waals surface area contributed by atoms with Crippen LogP contribution < -0.4 is 11.2 Å². The van der Waals surface area contributed by atoms with Crippen LogP contribution in [0, 0.1) is 5.82 Å². The zero-order valence-electron chi connectivity index (χ0n) is 15.9. The van der Waals surface area contributed by atoms with E-state index in [4.69, 9.17) is 4.74 Å². The van der Waals surface area contributed by atoms with Crippen molar-refractivity contribution in [2.75, 3.05) is 6.61 Å². The summed E-state index contributed by atoms with van der Waals surface area (Å²) < 4.78 is 23.3. The Labute approximate surface area is 182 Å². The molecule has 9 heteroatoms. The molecule has 0 amide bonds. The molecule has 6 nitrogen and oxygen atoms in total. The highest BCUT2D eigenvalue weighted by molar-refractivity contribution is 9.10. The maximum Gasteiger partial charge on any atom is 0.332 e. The molecule has 0 saturated carbocycles. The van der Waals surface area contributed by atoms with Crippen LogP contribution in [-0.2, 0) is 22.6 Å². The standard InChI is InChI=1S/C21H16BrFN2O4S/c1-2-29-17(26)11-24-18-14-5-3-4-6-16(14)30-19(18)20(27)25(21(24)28)10-12-7-8-13(22)9-15(12)23/h3-9H,2,10-11H2,1H3. The number of nitrogens with zero attached hydrogens (tertiary/aromatic N) is 2. The minimum absolute atomic E-state index is 0.171. The molecule has 0 aliphatic heterocycles. The third kappa shape index (κ3) is 3.59. The monoisotopic (exact) mass is 490 g/mol. The minimum atomic E-state index is -0.688. The zero-order valence-corrected chi connectivity index (χ0v) is 18.3. The van der Waals surface area contributed by atoms with E-state index in [2.05, 4.69) is 15.9 Å². The Morgan fingerprint density at radius 1 is 1.17 bits per heavy atom. The first-order valence-electron chi connectivity index (χ1n) is 9.15. The van der Waals surface area contributed by atoms with Crippen molar-refractivity contribution < 1.29 is 13.9 Å². The number of hydrogen-bond donors (Lipinski definition) is 0. The maximum absolute atomic E-state index is 14.4. The summed E-state index contributed by atoms with van der Waals surface area (Å²) in [5.74, 6) is -1.12. The van der Waals surface area contributed by atoms with E-state index >= 15 is 0 Å². The molecule has 0 spiro atoms. The molecule has 0 aliphatic rings. The van der Waals surface area contributed by atoms with E-state index in [0.717, 1.165) is 9.27 Å². The quantitative estimate of drug-likeness (QED) is 0.398. The molecule has 0 aliphatic carbocycles. The first kappa shape index (κ1) is 20.5. The molecule has 0 radical (unpaired) electrons. The molecule has 0 N–H and O–H groups in total. The molecular weight excluding hydrogens is 475 g/mol. The Morgan fingerprint density at radius 2 is 1.93 bits per heavy atom. The Bertz CT molecular complexity index is 1410. The molecule has 0 bridgehead atoms. The third-order valence-electron chi connectivity index (χ3n) is 4.68. The van der Waals surface area contributed by atoms with E-state index in [0.29, 0.717) is 20.1 Å². The first-order valence-corrected chi connectivity index (χ1v) is 10.8. The topological polar surface area (TPSA) is 70.3 Å². The van der Waals surface area contributed by atoms with Crippen molar-refractivity contribution in [2.24, 2.45) is 0 Å². The summed E-state index contributed by atoms with van der Waals surface area (Å²) in [5, 5.41) is 0.706. The molecule has 154 valence electrons. The van der Waals surface area contributed by atoms with Gasteiger partial charge in [0.2, 0.25) is 0 Å². The average Bonchev–Trinajstić information content (AvgIpc) is 3.10. The number of halogens is 2. The van der Waals surface area contributed by atoms with Gasteiger partial charge in [0.25, 0.3) is 5.56 Å². The summed E-state index contributed by atoms with van der Waals surface area (Å²) in [6.45, 7) is 1.26. The molecule has 2 aromatic heterocycles. The van der Waals surface area contributed by atoms with E-state index in [1.54, 1.807) is 25.1 Å². The lowest BCUT2D eigenvalue weighted by molar-refractivity contribution is -0.143. The fourth-order valence-electron chi connectivity index (χ4n) is 3.34. The lowest BCUT2D eigenvalue weighted by Gasteiger charge is -2.13. The van der Waals surface area contributed by atoms with Crippen LogP contribution in [0.25, 0.3) is 20.3 Å². The summed E-state index contributed by atoms with van der Waals surface area (Å²) in [5.41, 5.74) is -0.614. The Morgan fingerprint density at radius 3 is 2.67 bits per heavy atom. The van der Waals surface area contributed by atoms with Crippen molar-refractivity contribution in [2.45, 2.75) is 20.0 Å². The predicted octanol–water partition coefficient (Wildman–Crippen LogP) is 3.89. The molecule has 0 saturated heterocycles. The molecular formula is C21H16BrFN2O4S.